The van der Waals surface area contributed by atoms with Crippen LogP contribution in [0.15, 0.2) is 43.0 Å². The average Bonchev–Trinajstić information content (AvgIpc) is 2.26. The van der Waals surface area contributed by atoms with Crippen LogP contribution in [0.25, 0.3) is 5.57 Å². The van der Waals surface area contributed by atoms with Crippen molar-refractivity contribution in [1.82, 2.24) is 0 Å². The van der Waals surface area contributed by atoms with Gasteiger partial charge in [0.2, 0.25) is 0 Å². The number of nitrogens with zero attached hydrogens (tertiary/aromatic N) is 1. The molecule has 0 aliphatic heterocycles. The summed E-state index contributed by atoms with van der Waals surface area (Å²) in [4.78, 5) is 10.4. The first-order valence-corrected chi connectivity index (χ1v) is 4.77. The molecule has 0 amide bonds. The molecule has 0 saturated carbocycles. The summed E-state index contributed by atoms with van der Waals surface area (Å²) < 4.78 is 0. The fourth-order valence-electron chi connectivity index (χ4n) is 1.40. The van der Waals surface area contributed by atoms with Crippen LogP contribution in [-0.2, 0) is 0 Å². The molecule has 0 saturated heterocycles. The van der Waals surface area contributed by atoms with Crippen LogP contribution >= 0.6 is 0 Å². The summed E-state index contributed by atoms with van der Waals surface area (Å²) >= 11 is 0. The highest BCUT2D eigenvalue weighted by Crippen LogP contribution is 2.26. The van der Waals surface area contributed by atoms with Gasteiger partial charge in [0, 0.05) is 6.07 Å². The summed E-state index contributed by atoms with van der Waals surface area (Å²) in [7, 11) is 0. The number of nitro benzene ring substituents is 1. The number of allylic oxidation sites excluding steroid dienone is 3. The van der Waals surface area contributed by atoms with Crippen molar-refractivity contribution in [3.8, 4) is 0 Å². The first-order chi connectivity index (χ1) is 7.20. The van der Waals surface area contributed by atoms with Gasteiger partial charge in [0.25, 0.3) is 5.69 Å². The van der Waals surface area contributed by atoms with Crippen molar-refractivity contribution in [2.45, 2.75) is 13.3 Å². The minimum atomic E-state index is -0.373. The van der Waals surface area contributed by atoms with E-state index in [1.54, 1.807) is 24.3 Å². The zero-order valence-corrected chi connectivity index (χ0v) is 8.64. The highest BCUT2D eigenvalue weighted by molar-refractivity contribution is 5.78. The molecule has 0 bridgehead atoms. The van der Waals surface area contributed by atoms with Gasteiger partial charge in [-0.25, -0.2) is 0 Å². The van der Waals surface area contributed by atoms with Gasteiger partial charge >= 0.3 is 0 Å². The molecule has 3 heteroatoms. The second-order valence-corrected chi connectivity index (χ2v) is 3.05. The Balaban J connectivity index is 3.29. The molecule has 0 atom stereocenters. The Morgan fingerprint density at radius 3 is 2.73 bits per heavy atom. The second kappa shape index (κ2) is 5.10. The smallest absolute Gasteiger partial charge is 0.258 e. The van der Waals surface area contributed by atoms with Crippen LogP contribution in [0.1, 0.15) is 18.9 Å². The van der Waals surface area contributed by atoms with Gasteiger partial charge in [-0.3, -0.25) is 10.1 Å². The number of rotatable bonds is 4. The van der Waals surface area contributed by atoms with Crippen LogP contribution in [0.4, 0.5) is 5.69 Å². The maximum atomic E-state index is 10.8. The molecule has 0 N–H and O–H groups in total. The molecule has 0 aliphatic carbocycles. The third-order valence-electron chi connectivity index (χ3n) is 2.06. The number of para-hydroxylation sites is 1. The van der Waals surface area contributed by atoms with Crippen LogP contribution in [0.3, 0.4) is 0 Å². The first-order valence-electron chi connectivity index (χ1n) is 4.77. The molecular weight excluding hydrogens is 190 g/mol. The lowest BCUT2D eigenvalue weighted by atomic mass is 10.0. The lowest BCUT2D eigenvalue weighted by molar-refractivity contribution is -0.385. The Labute approximate surface area is 88.9 Å². The van der Waals surface area contributed by atoms with E-state index in [0.29, 0.717) is 5.56 Å². The summed E-state index contributed by atoms with van der Waals surface area (Å²) in [5.41, 5.74) is 1.56. The molecule has 78 valence electrons. The molecule has 15 heavy (non-hydrogen) atoms. The van der Waals surface area contributed by atoms with Gasteiger partial charge in [0.05, 0.1) is 10.5 Å². The predicted octanol–water partition coefficient (Wildman–Crippen LogP) is 3.57. The molecule has 0 fully saturated rings. The van der Waals surface area contributed by atoms with Gasteiger partial charge in [-0.15, -0.1) is 0 Å². The minimum Gasteiger partial charge on any atom is -0.258 e. The number of nitro groups is 1. The van der Waals surface area contributed by atoms with Gasteiger partial charge in [-0.2, -0.15) is 0 Å². The van der Waals surface area contributed by atoms with Crippen molar-refractivity contribution in [1.29, 1.82) is 0 Å². The van der Waals surface area contributed by atoms with E-state index in [0.717, 1.165) is 12.0 Å². The van der Waals surface area contributed by atoms with Crippen LogP contribution in [0.5, 0.6) is 0 Å². The fraction of sp³-hybridized carbons (Fsp3) is 0.167. The van der Waals surface area contributed by atoms with E-state index in [9.17, 15) is 10.1 Å². The molecule has 0 aliphatic rings. The van der Waals surface area contributed by atoms with Gasteiger partial charge in [0.15, 0.2) is 0 Å². The van der Waals surface area contributed by atoms with E-state index < -0.39 is 0 Å². The van der Waals surface area contributed by atoms with E-state index in [2.05, 4.69) is 6.58 Å². The fourth-order valence-corrected chi connectivity index (χ4v) is 1.40. The normalized spacial score (nSPS) is 11.1. The Bertz CT molecular complexity index is 408. The summed E-state index contributed by atoms with van der Waals surface area (Å²) in [6.45, 7) is 5.65. The first kappa shape index (κ1) is 11.2. The Hall–Kier alpha value is -1.90. The van der Waals surface area contributed by atoms with Gasteiger partial charge in [0.1, 0.15) is 0 Å². The van der Waals surface area contributed by atoms with E-state index in [1.807, 2.05) is 13.0 Å². The van der Waals surface area contributed by atoms with Crippen LogP contribution in [0, 0.1) is 10.1 Å². The van der Waals surface area contributed by atoms with Crippen LogP contribution < -0.4 is 0 Å². The van der Waals surface area contributed by atoms with E-state index in [4.69, 9.17) is 0 Å². The van der Waals surface area contributed by atoms with Crippen molar-refractivity contribution >= 4 is 11.3 Å². The second-order valence-electron chi connectivity index (χ2n) is 3.05. The molecule has 0 unspecified atom stereocenters. The number of benzene rings is 1. The highest BCUT2D eigenvalue weighted by atomic mass is 16.6. The lowest BCUT2D eigenvalue weighted by Gasteiger charge is -2.02. The van der Waals surface area contributed by atoms with Crippen molar-refractivity contribution in [2.24, 2.45) is 0 Å². The maximum Gasteiger partial charge on any atom is 0.277 e. The highest BCUT2D eigenvalue weighted by Gasteiger charge is 2.13. The van der Waals surface area contributed by atoms with Crippen molar-refractivity contribution in [2.75, 3.05) is 0 Å². The molecule has 1 aromatic carbocycles. The number of hydrogen-bond donors (Lipinski definition) is 0. The molecule has 0 aromatic heterocycles. The standard InChI is InChI=1S/C12H13NO2/c1-3-7-10(4-2)11-8-5-6-9-12(11)13(14)15/h4-9H,2-3H2,1H3/b10-7+. The Kier molecular flexibility index (Phi) is 3.80. The largest absolute Gasteiger partial charge is 0.277 e. The van der Waals surface area contributed by atoms with Crippen LogP contribution in [0.2, 0.25) is 0 Å². The summed E-state index contributed by atoms with van der Waals surface area (Å²) in [5.74, 6) is 0. The van der Waals surface area contributed by atoms with Gasteiger partial charge in [-0.1, -0.05) is 37.8 Å². The van der Waals surface area contributed by atoms with E-state index >= 15 is 0 Å². The molecule has 0 spiro atoms. The van der Waals surface area contributed by atoms with E-state index in [1.165, 1.54) is 6.07 Å². The average molecular weight is 203 g/mol. The third kappa shape index (κ3) is 2.53. The maximum absolute atomic E-state index is 10.8. The topological polar surface area (TPSA) is 43.1 Å². The molecular formula is C12H13NO2. The zero-order valence-electron chi connectivity index (χ0n) is 8.64. The molecule has 1 rings (SSSR count). The quantitative estimate of drug-likeness (QED) is 0.426. The van der Waals surface area contributed by atoms with Crippen molar-refractivity contribution in [3.05, 3.63) is 58.7 Å². The predicted molar refractivity (Wildman–Crippen MR) is 61.6 cm³/mol. The molecule has 3 nitrogen and oxygen atoms in total. The third-order valence-corrected chi connectivity index (χ3v) is 2.06. The van der Waals surface area contributed by atoms with Crippen molar-refractivity contribution < 1.29 is 4.92 Å². The number of hydrogen-bond acceptors (Lipinski definition) is 2. The SMILES string of the molecule is C=C/C(=C\CC)c1ccccc1[N+](=O)[O-]. The zero-order chi connectivity index (χ0) is 11.3. The Morgan fingerprint density at radius 2 is 2.20 bits per heavy atom. The lowest BCUT2D eigenvalue weighted by Crippen LogP contribution is -1.93. The van der Waals surface area contributed by atoms with Crippen LogP contribution in [-0.4, -0.2) is 4.92 Å². The van der Waals surface area contributed by atoms with Gasteiger partial charge in [-0.05, 0) is 18.1 Å². The monoisotopic (exact) mass is 203 g/mol. The van der Waals surface area contributed by atoms with Crippen molar-refractivity contribution in [3.63, 3.8) is 0 Å². The van der Waals surface area contributed by atoms with E-state index in [-0.39, 0.29) is 10.6 Å². The summed E-state index contributed by atoms with van der Waals surface area (Å²) in [6.07, 6.45) is 4.40. The Morgan fingerprint density at radius 1 is 1.53 bits per heavy atom. The molecule has 0 radical (unpaired) electrons. The summed E-state index contributed by atoms with van der Waals surface area (Å²) in [5, 5.41) is 10.8. The molecule has 1 aromatic rings. The minimum absolute atomic E-state index is 0.122. The summed E-state index contributed by atoms with van der Waals surface area (Å²) in [6, 6.07) is 6.69. The molecule has 0 heterocycles. The van der Waals surface area contributed by atoms with Gasteiger partial charge < -0.3 is 0 Å².